The van der Waals surface area contributed by atoms with Crippen LogP contribution in [0.5, 0.6) is 0 Å². The monoisotopic (exact) mass is 486 g/mol. The molecule has 5 rings (SSSR count). The third kappa shape index (κ3) is 4.60. The first-order valence-corrected chi connectivity index (χ1v) is 13.7. The van der Waals surface area contributed by atoms with Crippen molar-refractivity contribution in [1.29, 1.82) is 0 Å². The fraction of sp³-hybridized carbons (Fsp3) is 0.438. The summed E-state index contributed by atoms with van der Waals surface area (Å²) in [4.78, 5) is 0. The second-order valence-electron chi connectivity index (χ2n) is 12.2. The first-order valence-electron chi connectivity index (χ1n) is 13.3. The molecule has 1 unspecified atom stereocenters. The molecule has 1 aliphatic carbocycles. The van der Waals surface area contributed by atoms with E-state index in [1.165, 1.54) is 22.3 Å². The zero-order chi connectivity index (χ0) is 24.8. The van der Waals surface area contributed by atoms with Gasteiger partial charge in [-0.1, -0.05) is 118 Å². The third-order valence-corrected chi connectivity index (χ3v) is 9.87. The highest BCUT2D eigenvalue weighted by atomic mass is 35.5. The van der Waals surface area contributed by atoms with Crippen LogP contribution in [-0.2, 0) is 12.8 Å². The van der Waals surface area contributed by atoms with Gasteiger partial charge in [-0.25, -0.2) is 4.39 Å². The predicted molar refractivity (Wildman–Crippen MR) is 149 cm³/mol. The van der Waals surface area contributed by atoms with Crippen molar-refractivity contribution in [3.63, 3.8) is 0 Å². The van der Waals surface area contributed by atoms with Gasteiger partial charge in [0.25, 0.3) is 0 Å². The highest BCUT2D eigenvalue weighted by Crippen LogP contribution is 2.54. The molecule has 182 valence electrons. The van der Waals surface area contributed by atoms with E-state index >= 15 is 4.39 Å². The molecule has 1 saturated heterocycles. The van der Waals surface area contributed by atoms with Crippen molar-refractivity contribution in [2.24, 2.45) is 10.8 Å². The molecule has 0 N–H and O–H groups in total. The smallest absolute Gasteiger partial charge is 0.179 e. The first-order chi connectivity index (χ1) is 16.7. The Morgan fingerprint density at radius 3 is 2.14 bits per heavy atom. The number of benzene rings is 3. The van der Waals surface area contributed by atoms with Crippen LogP contribution in [0.1, 0.15) is 74.6 Å². The summed E-state index contributed by atoms with van der Waals surface area (Å²) in [7, 11) is 0. The van der Waals surface area contributed by atoms with Crippen LogP contribution in [0.3, 0.4) is 0 Å². The Labute approximate surface area is 216 Å². The molecule has 3 aromatic rings. The molecular formula is C32H37BClF. The SMILES string of the molecule is CC1(C)CB(c2c(Cl)c(F)cc3c2[C@H](CCCc2ccccc2)C(c2ccccc2)C3)CC1(C)C. The van der Waals surface area contributed by atoms with Crippen molar-refractivity contribution in [3.8, 4) is 0 Å². The number of rotatable bonds is 6. The first kappa shape index (κ1) is 24.6. The number of fused-ring (bicyclic) bond motifs is 1. The van der Waals surface area contributed by atoms with Crippen molar-refractivity contribution in [2.45, 2.75) is 77.9 Å². The average molecular weight is 487 g/mol. The molecule has 1 heterocycles. The second kappa shape index (κ2) is 9.43. The van der Waals surface area contributed by atoms with E-state index in [1.54, 1.807) is 6.07 Å². The minimum Gasteiger partial charge on any atom is -0.205 e. The normalized spacial score (nSPS) is 22.4. The van der Waals surface area contributed by atoms with Gasteiger partial charge in [-0.3, -0.25) is 0 Å². The fourth-order valence-electron chi connectivity index (χ4n) is 6.93. The van der Waals surface area contributed by atoms with Crippen molar-refractivity contribution >= 4 is 23.8 Å². The quantitative estimate of drug-likeness (QED) is 0.306. The van der Waals surface area contributed by atoms with Crippen LogP contribution in [0.15, 0.2) is 66.7 Å². The average Bonchev–Trinajstić information content (AvgIpc) is 3.28. The summed E-state index contributed by atoms with van der Waals surface area (Å²) in [6, 6.07) is 23.4. The van der Waals surface area contributed by atoms with Crippen molar-refractivity contribution in [1.82, 2.24) is 0 Å². The summed E-state index contributed by atoms with van der Waals surface area (Å²) in [6.45, 7) is 9.77. The van der Waals surface area contributed by atoms with Crippen LogP contribution in [0.2, 0.25) is 17.7 Å². The predicted octanol–water partition coefficient (Wildman–Crippen LogP) is 8.69. The molecule has 0 radical (unpaired) electrons. The van der Waals surface area contributed by atoms with Gasteiger partial charge in [-0.2, -0.15) is 0 Å². The number of hydrogen-bond donors (Lipinski definition) is 0. The Morgan fingerprint density at radius 2 is 1.51 bits per heavy atom. The van der Waals surface area contributed by atoms with Crippen LogP contribution in [0, 0.1) is 16.6 Å². The van der Waals surface area contributed by atoms with Crippen LogP contribution >= 0.6 is 11.6 Å². The Morgan fingerprint density at radius 1 is 0.914 bits per heavy atom. The standard InChI is InChI=1S/C32H37BClF/c1-31(2)20-33(21-32(31,3)4)29-28-24(19-27(35)30(29)34)18-26(23-15-9-6-10-16-23)25(28)17-11-14-22-12-7-5-8-13-22/h5-10,12-13,15-16,19,25-26H,11,14,17-18,20-21H2,1-4H3/t25-,26?/m1/s1. The maximum atomic E-state index is 15.3. The molecule has 1 fully saturated rings. The van der Waals surface area contributed by atoms with Crippen molar-refractivity contribution in [2.75, 3.05) is 0 Å². The Balaban J connectivity index is 1.55. The summed E-state index contributed by atoms with van der Waals surface area (Å²) in [5.74, 6) is 0.511. The van der Waals surface area contributed by atoms with Gasteiger partial charge in [-0.15, -0.1) is 0 Å². The lowest BCUT2D eigenvalue weighted by molar-refractivity contribution is 0.177. The number of hydrogen-bond acceptors (Lipinski definition) is 0. The Hall–Kier alpha value is -2.06. The van der Waals surface area contributed by atoms with Gasteiger partial charge < -0.3 is 0 Å². The minimum atomic E-state index is -0.236. The molecule has 0 aromatic heterocycles. The molecule has 2 atom stereocenters. The van der Waals surface area contributed by atoms with E-state index < -0.39 is 0 Å². The molecule has 0 nitrogen and oxygen atoms in total. The zero-order valence-corrected chi connectivity index (χ0v) is 22.3. The number of aryl methyl sites for hydroxylation is 1. The van der Waals surface area contributed by atoms with E-state index in [0.29, 0.717) is 23.6 Å². The topological polar surface area (TPSA) is 0 Å². The van der Waals surface area contributed by atoms with Gasteiger partial charge in [0.2, 0.25) is 0 Å². The van der Waals surface area contributed by atoms with Crippen LogP contribution in [-0.4, -0.2) is 6.71 Å². The molecule has 3 aromatic carbocycles. The molecule has 1 aliphatic heterocycles. The molecule has 0 spiro atoms. The van der Waals surface area contributed by atoms with Crippen molar-refractivity contribution < 1.29 is 4.39 Å². The molecule has 35 heavy (non-hydrogen) atoms. The van der Waals surface area contributed by atoms with Crippen LogP contribution < -0.4 is 5.46 Å². The maximum absolute atomic E-state index is 15.3. The maximum Gasteiger partial charge on any atom is 0.179 e. The fourth-order valence-corrected chi connectivity index (χ4v) is 7.24. The van der Waals surface area contributed by atoms with E-state index in [0.717, 1.165) is 43.8 Å². The van der Waals surface area contributed by atoms with E-state index in [2.05, 4.69) is 88.4 Å². The van der Waals surface area contributed by atoms with Crippen molar-refractivity contribution in [3.05, 3.63) is 99.8 Å². The highest BCUT2D eigenvalue weighted by Gasteiger charge is 2.50. The molecule has 3 heteroatoms. The molecular weight excluding hydrogens is 450 g/mol. The van der Waals surface area contributed by atoms with Gasteiger partial charge in [-0.05, 0) is 76.7 Å². The largest absolute Gasteiger partial charge is 0.205 e. The molecule has 2 aliphatic rings. The summed E-state index contributed by atoms with van der Waals surface area (Å²) < 4.78 is 15.3. The summed E-state index contributed by atoms with van der Waals surface area (Å²) in [6.07, 6.45) is 6.30. The lowest BCUT2D eigenvalue weighted by Gasteiger charge is -2.35. The second-order valence-corrected chi connectivity index (χ2v) is 12.6. The van der Waals surface area contributed by atoms with E-state index in [1.807, 2.05) is 0 Å². The zero-order valence-electron chi connectivity index (χ0n) is 21.6. The van der Waals surface area contributed by atoms with Gasteiger partial charge >= 0.3 is 0 Å². The van der Waals surface area contributed by atoms with E-state index in [-0.39, 0.29) is 16.6 Å². The molecule has 0 bridgehead atoms. The lowest BCUT2D eigenvalue weighted by Crippen LogP contribution is -2.34. The van der Waals surface area contributed by atoms with Gasteiger partial charge in [0, 0.05) is 0 Å². The van der Waals surface area contributed by atoms with Crippen LogP contribution in [0.4, 0.5) is 4.39 Å². The van der Waals surface area contributed by atoms with Crippen LogP contribution in [0.25, 0.3) is 0 Å². The van der Waals surface area contributed by atoms with Gasteiger partial charge in [0.15, 0.2) is 6.71 Å². The molecule has 0 amide bonds. The Kier molecular flexibility index (Phi) is 6.64. The highest BCUT2D eigenvalue weighted by molar-refractivity contribution is 6.77. The summed E-state index contributed by atoms with van der Waals surface area (Å²) in [5.41, 5.74) is 6.82. The third-order valence-electron chi connectivity index (χ3n) is 9.48. The Bertz CT molecular complexity index is 1170. The minimum absolute atomic E-state index is 0.195. The van der Waals surface area contributed by atoms with Gasteiger partial charge in [0.1, 0.15) is 5.82 Å². The number of halogens is 2. The van der Waals surface area contributed by atoms with E-state index in [9.17, 15) is 0 Å². The lowest BCUT2D eigenvalue weighted by atomic mass is 9.40. The van der Waals surface area contributed by atoms with E-state index in [4.69, 9.17) is 11.6 Å². The molecule has 0 saturated carbocycles. The van der Waals surface area contributed by atoms with Gasteiger partial charge in [0.05, 0.1) is 5.02 Å². The summed E-state index contributed by atoms with van der Waals surface area (Å²) in [5, 5.41) is 0.379. The summed E-state index contributed by atoms with van der Waals surface area (Å²) >= 11 is 6.86.